The van der Waals surface area contributed by atoms with Crippen molar-refractivity contribution in [1.29, 1.82) is 0 Å². The van der Waals surface area contributed by atoms with E-state index in [1.807, 2.05) is 30.3 Å². The van der Waals surface area contributed by atoms with Crippen LogP contribution in [0.25, 0.3) is 0 Å². The molecule has 0 radical (unpaired) electrons. The third-order valence-electron chi connectivity index (χ3n) is 3.67. The second kappa shape index (κ2) is 8.18. The van der Waals surface area contributed by atoms with Crippen molar-refractivity contribution in [3.63, 3.8) is 0 Å². The molecule has 1 aliphatic heterocycles. The summed E-state index contributed by atoms with van der Waals surface area (Å²) < 4.78 is 11.2. The summed E-state index contributed by atoms with van der Waals surface area (Å²) in [4.78, 5) is 2.50. The van der Waals surface area contributed by atoms with Crippen LogP contribution >= 0.6 is 0 Å². The van der Waals surface area contributed by atoms with E-state index in [0.29, 0.717) is 13.2 Å². The molecule has 3 heteroatoms. The number of hydrogen-bond donors (Lipinski definition) is 0. The van der Waals surface area contributed by atoms with Gasteiger partial charge >= 0.3 is 0 Å². The van der Waals surface area contributed by atoms with Gasteiger partial charge in [0, 0.05) is 6.54 Å². The summed E-state index contributed by atoms with van der Waals surface area (Å²) in [5.41, 5.74) is 0. The molecule has 0 N–H and O–H groups in total. The molecule has 1 saturated heterocycles. The molecular weight excluding hydrogens is 238 g/mol. The van der Waals surface area contributed by atoms with E-state index in [4.69, 9.17) is 9.47 Å². The van der Waals surface area contributed by atoms with Crippen LogP contribution in [0.1, 0.15) is 19.8 Å². The molecule has 1 fully saturated rings. The van der Waals surface area contributed by atoms with Gasteiger partial charge in [0.2, 0.25) is 0 Å². The lowest BCUT2D eigenvalue weighted by atomic mass is 9.99. The Bertz CT molecular complexity index is 334. The molecule has 1 aromatic rings. The van der Waals surface area contributed by atoms with Crippen molar-refractivity contribution in [1.82, 2.24) is 4.90 Å². The van der Waals surface area contributed by atoms with Gasteiger partial charge in [-0.15, -0.1) is 0 Å². The number of para-hydroxylation sites is 1. The van der Waals surface area contributed by atoms with Crippen LogP contribution in [-0.2, 0) is 4.74 Å². The van der Waals surface area contributed by atoms with E-state index < -0.39 is 0 Å². The van der Waals surface area contributed by atoms with Gasteiger partial charge in [-0.3, -0.25) is 0 Å². The first kappa shape index (κ1) is 14.4. The second-order valence-corrected chi connectivity index (χ2v) is 5.30. The average molecular weight is 263 g/mol. The van der Waals surface area contributed by atoms with Crippen LogP contribution in [0.4, 0.5) is 0 Å². The lowest BCUT2D eigenvalue weighted by Crippen LogP contribution is -2.35. The number of nitrogens with zero attached hydrogens (tertiary/aromatic N) is 1. The molecule has 0 atom stereocenters. The van der Waals surface area contributed by atoms with E-state index >= 15 is 0 Å². The molecule has 0 spiro atoms. The number of hydrogen-bond acceptors (Lipinski definition) is 3. The number of benzene rings is 1. The van der Waals surface area contributed by atoms with Crippen LogP contribution in [0.15, 0.2) is 30.3 Å². The Kier molecular flexibility index (Phi) is 6.18. The minimum atomic E-state index is 0.626. The predicted molar refractivity (Wildman–Crippen MR) is 77.6 cm³/mol. The third kappa shape index (κ3) is 5.62. The normalized spacial score (nSPS) is 17.5. The molecule has 1 heterocycles. The van der Waals surface area contributed by atoms with Gasteiger partial charge in [-0.2, -0.15) is 0 Å². The van der Waals surface area contributed by atoms with Crippen molar-refractivity contribution in [3.05, 3.63) is 30.3 Å². The van der Waals surface area contributed by atoms with E-state index in [1.54, 1.807) is 0 Å². The van der Waals surface area contributed by atoms with Crippen molar-refractivity contribution in [3.8, 4) is 5.75 Å². The van der Waals surface area contributed by atoms with Crippen LogP contribution < -0.4 is 4.74 Å². The highest BCUT2D eigenvalue weighted by Gasteiger charge is 2.14. The zero-order chi connectivity index (χ0) is 13.3. The number of ether oxygens (including phenoxy) is 2. The molecular formula is C16H25NO2. The van der Waals surface area contributed by atoms with Gasteiger partial charge in [0.1, 0.15) is 12.4 Å². The maximum Gasteiger partial charge on any atom is 0.119 e. The Labute approximate surface area is 116 Å². The fourth-order valence-electron chi connectivity index (χ4n) is 2.32. The van der Waals surface area contributed by atoms with Crippen molar-refractivity contribution in [2.24, 2.45) is 5.92 Å². The predicted octanol–water partition coefficient (Wildman–Crippen LogP) is 2.81. The van der Waals surface area contributed by atoms with E-state index in [-0.39, 0.29) is 0 Å². The Balaban J connectivity index is 1.46. The summed E-state index contributed by atoms with van der Waals surface area (Å²) in [5.74, 6) is 1.81. The van der Waals surface area contributed by atoms with Gasteiger partial charge in [-0.1, -0.05) is 25.1 Å². The lowest BCUT2D eigenvalue weighted by molar-refractivity contribution is 0.0709. The Morgan fingerprint density at radius 1 is 1.05 bits per heavy atom. The fraction of sp³-hybridized carbons (Fsp3) is 0.625. The first-order valence-corrected chi connectivity index (χ1v) is 7.32. The summed E-state index contributed by atoms with van der Waals surface area (Å²) in [7, 11) is 0. The van der Waals surface area contributed by atoms with Gasteiger partial charge < -0.3 is 14.4 Å². The number of likely N-dealkylation sites (tertiary alicyclic amines) is 1. The highest BCUT2D eigenvalue weighted by Crippen LogP contribution is 2.15. The number of rotatable bonds is 7. The Morgan fingerprint density at radius 2 is 1.79 bits per heavy atom. The number of piperidine rings is 1. The quantitative estimate of drug-likeness (QED) is 0.706. The van der Waals surface area contributed by atoms with Gasteiger partial charge in [0.05, 0.1) is 13.2 Å². The molecule has 1 aromatic carbocycles. The minimum absolute atomic E-state index is 0.626. The largest absolute Gasteiger partial charge is 0.491 e. The van der Waals surface area contributed by atoms with Crippen LogP contribution in [0.5, 0.6) is 5.75 Å². The van der Waals surface area contributed by atoms with Crippen LogP contribution in [-0.4, -0.2) is 44.4 Å². The lowest BCUT2D eigenvalue weighted by Gasteiger charge is -2.29. The van der Waals surface area contributed by atoms with Crippen molar-refractivity contribution < 1.29 is 9.47 Å². The third-order valence-corrected chi connectivity index (χ3v) is 3.67. The molecule has 0 amide bonds. The fourth-order valence-corrected chi connectivity index (χ4v) is 2.32. The van der Waals surface area contributed by atoms with E-state index in [0.717, 1.165) is 24.8 Å². The molecule has 3 nitrogen and oxygen atoms in total. The summed E-state index contributed by atoms with van der Waals surface area (Å²) in [6, 6.07) is 9.88. The SMILES string of the molecule is CC1CCN(CCOCCOc2ccccc2)CC1. The van der Waals surface area contributed by atoms with E-state index in [9.17, 15) is 0 Å². The van der Waals surface area contributed by atoms with Crippen molar-refractivity contribution >= 4 is 0 Å². The van der Waals surface area contributed by atoms with Gasteiger partial charge in [0.15, 0.2) is 0 Å². The maximum atomic E-state index is 5.62. The van der Waals surface area contributed by atoms with Gasteiger partial charge in [-0.05, 0) is 44.0 Å². The standard InChI is InChI=1S/C16H25NO2/c1-15-7-9-17(10-8-15)11-12-18-13-14-19-16-5-3-2-4-6-16/h2-6,15H,7-14H2,1H3. The van der Waals surface area contributed by atoms with Crippen LogP contribution in [0, 0.1) is 5.92 Å². The molecule has 106 valence electrons. The maximum absolute atomic E-state index is 5.62. The van der Waals surface area contributed by atoms with Crippen molar-refractivity contribution in [2.75, 3.05) is 39.5 Å². The minimum Gasteiger partial charge on any atom is -0.491 e. The molecule has 1 aliphatic rings. The molecule has 0 aromatic heterocycles. The van der Waals surface area contributed by atoms with Gasteiger partial charge in [-0.25, -0.2) is 0 Å². The first-order valence-electron chi connectivity index (χ1n) is 7.32. The molecule has 19 heavy (non-hydrogen) atoms. The monoisotopic (exact) mass is 263 g/mol. The Morgan fingerprint density at radius 3 is 2.53 bits per heavy atom. The second-order valence-electron chi connectivity index (χ2n) is 5.30. The Hall–Kier alpha value is -1.06. The summed E-state index contributed by atoms with van der Waals surface area (Å²) in [5, 5.41) is 0. The molecule has 0 bridgehead atoms. The molecule has 0 unspecified atom stereocenters. The molecule has 0 aliphatic carbocycles. The van der Waals surface area contributed by atoms with E-state index in [2.05, 4.69) is 11.8 Å². The zero-order valence-electron chi connectivity index (χ0n) is 11.9. The van der Waals surface area contributed by atoms with Crippen LogP contribution in [0.2, 0.25) is 0 Å². The zero-order valence-corrected chi connectivity index (χ0v) is 11.9. The topological polar surface area (TPSA) is 21.7 Å². The highest BCUT2D eigenvalue weighted by atomic mass is 16.5. The van der Waals surface area contributed by atoms with Crippen LogP contribution in [0.3, 0.4) is 0 Å². The smallest absolute Gasteiger partial charge is 0.119 e. The van der Waals surface area contributed by atoms with Crippen molar-refractivity contribution in [2.45, 2.75) is 19.8 Å². The summed E-state index contributed by atoms with van der Waals surface area (Å²) >= 11 is 0. The molecule has 0 saturated carbocycles. The molecule has 2 rings (SSSR count). The average Bonchev–Trinajstić information content (AvgIpc) is 2.46. The first-order chi connectivity index (χ1) is 9.34. The van der Waals surface area contributed by atoms with E-state index in [1.165, 1.54) is 25.9 Å². The highest BCUT2D eigenvalue weighted by molar-refractivity contribution is 5.20. The summed E-state index contributed by atoms with van der Waals surface area (Å²) in [6.07, 6.45) is 2.66. The van der Waals surface area contributed by atoms with Gasteiger partial charge in [0.25, 0.3) is 0 Å². The summed E-state index contributed by atoms with van der Waals surface area (Å²) in [6.45, 7) is 7.95.